The predicted octanol–water partition coefficient (Wildman–Crippen LogP) is 4.21. The molecule has 0 saturated carbocycles. The van der Waals surface area contributed by atoms with Crippen molar-refractivity contribution in [2.24, 2.45) is 11.8 Å². The van der Waals surface area contributed by atoms with Crippen LogP contribution < -0.4 is 10.1 Å². The fraction of sp³-hybridized carbons (Fsp3) is 0.517. The maximum absolute atomic E-state index is 13.6. The minimum atomic E-state index is -0.562. The summed E-state index contributed by atoms with van der Waals surface area (Å²) >= 11 is 0. The predicted molar refractivity (Wildman–Crippen MR) is 134 cm³/mol. The van der Waals surface area contributed by atoms with E-state index in [0.717, 1.165) is 29.7 Å². The molecule has 0 unspecified atom stereocenters. The van der Waals surface area contributed by atoms with Gasteiger partial charge >= 0.3 is 0 Å². The number of amides is 2. The summed E-state index contributed by atoms with van der Waals surface area (Å²) in [4.78, 5) is 27.4. The molecule has 2 saturated heterocycles. The quantitative estimate of drug-likeness (QED) is 0.718. The van der Waals surface area contributed by atoms with E-state index >= 15 is 0 Å². The molecular weight excluding hydrogens is 440 g/mol. The lowest BCUT2D eigenvalue weighted by Gasteiger charge is -2.53. The molecule has 2 aromatic rings. The Morgan fingerprint density at radius 1 is 1.17 bits per heavy atom. The summed E-state index contributed by atoms with van der Waals surface area (Å²) in [5.41, 5.74) is 3.01. The van der Waals surface area contributed by atoms with Crippen LogP contribution in [0.4, 0.5) is 0 Å². The molecule has 5 rings (SSSR count). The van der Waals surface area contributed by atoms with Gasteiger partial charge in [0.05, 0.1) is 12.2 Å². The van der Waals surface area contributed by atoms with Crippen molar-refractivity contribution < 1.29 is 19.1 Å². The number of hydrogen-bond acceptors (Lipinski definition) is 4. The first kappa shape index (κ1) is 23.9. The molecule has 0 spiro atoms. The van der Waals surface area contributed by atoms with Gasteiger partial charge in [-0.25, -0.2) is 0 Å². The van der Waals surface area contributed by atoms with Crippen LogP contribution >= 0.6 is 0 Å². The average Bonchev–Trinajstić information content (AvgIpc) is 2.82. The first-order chi connectivity index (χ1) is 16.7. The number of likely N-dealkylation sites (tertiary alicyclic amines) is 1. The molecule has 6 nitrogen and oxygen atoms in total. The van der Waals surface area contributed by atoms with Crippen molar-refractivity contribution in [1.29, 1.82) is 0 Å². The van der Waals surface area contributed by atoms with Gasteiger partial charge in [0.25, 0.3) is 0 Å². The maximum Gasteiger partial charge on any atom is 0.245 e. The average molecular weight is 477 g/mol. The van der Waals surface area contributed by atoms with Crippen molar-refractivity contribution in [2.75, 3.05) is 13.1 Å². The number of rotatable bonds is 4. The largest absolute Gasteiger partial charge is 0.487 e. The number of piperidine rings is 1. The van der Waals surface area contributed by atoms with Gasteiger partial charge in [-0.05, 0) is 50.8 Å². The molecule has 186 valence electrons. The Morgan fingerprint density at radius 3 is 2.69 bits per heavy atom. The van der Waals surface area contributed by atoms with Gasteiger partial charge in [-0.1, -0.05) is 42.5 Å². The highest BCUT2D eigenvalue weighted by Gasteiger charge is 2.51. The van der Waals surface area contributed by atoms with Crippen molar-refractivity contribution in [3.05, 3.63) is 65.2 Å². The number of carbonyl (C=O) groups excluding carboxylic acids is 2. The Hall–Kier alpha value is -2.86. The number of benzene rings is 2. The van der Waals surface area contributed by atoms with Crippen molar-refractivity contribution in [3.63, 3.8) is 0 Å². The highest BCUT2D eigenvalue weighted by atomic mass is 16.5. The molecule has 3 heterocycles. The summed E-state index contributed by atoms with van der Waals surface area (Å²) < 4.78 is 13.2. The van der Waals surface area contributed by atoms with Crippen LogP contribution in [0.2, 0.25) is 0 Å². The fourth-order valence-corrected chi connectivity index (χ4v) is 6.13. The number of carbonyl (C=O) groups is 2. The second-order valence-corrected chi connectivity index (χ2v) is 11.0. The highest BCUT2D eigenvalue weighted by molar-refractivity contribution is 5.87. The Kier molecular flexibility index (Phi) is 6.34. The van der Waals surface area contributed by atoms with Gasteiger partial charge < -0.3 is 19.7 Å². The standard InChI is InChI=1S/C29H36N2O4/c1-18-10-11-22-26(14-18)35-29(3,4)23-16-21-17-31(13-12-25(21)34-27(22)23)28(33)24(30-19(2)32)15-20-8-6-5-7-9-20/h5-11,14,21,23-25,27H,12-13,15-17H2,1-4H3,(H,30,32)/t21-,23+,24+,25+,27-/m1/s1. The van der Waals surface area contributed by atoms with Crippen LogP contribution in [0.25, 0.3) is 0 Å². The van der Waals surface area contributed by atoms with E-state index < -0.39 is 6.04 Å². The Balaban J connectivity index is 1.32. The molecule has 0 bridgehead atoms. The lowest BCUT2D eigenvalue weighted by Crippen LogP contribution is -2.58. The normalized spacial score (nSPS) is 27.5. The van der Waals surface area contributed by atoms with Crippen LogP contribution in [0.1, 0.15) is 56.4 Å². The number of nitrogens with one attached hydrogen (secondary N) is 1. The molecule has 0 radical (unpaired) electrons. The second kappa shape index (κ2) is 9.30. The molecule has 3 aliphatic heterocycles. The molecule has 0 aromatic heterocycles. The van der Waals surface area contributed by atoms with E-state index in [9.17, 15) is 9.59 Å². The first-order valence-corrected chi connectivity index (χ1v) is 12.8. The van der Waals surface area contributed by atoms with E-state index in [1.807, 2.05) is 35.2 Å². The minimum absolute atomic E-state index is 0.00963. The summed E-state index contributed by atoms with van der Waals surface area (Å²) in [5.74, 6) is 1.20. The molecule has 0 aliphatic carbocycles. The van der Waals surface area contributed by atoms with Gasteiger partial charge in [-0.3, -0.25) is 9.59 Å². The molecule has 2 fully saturated rings. The lowest BCUT2D eigenvalue weighted by molar-refractivity contribution is -0.189. The van der Waals surface area contributed by atoms with Crippen molar-refractivity contribution >= 4 is 11.8 Å². The van der Waals surface area contributed by atoms with E-state index in [0.29, 0.717) is 19.5 Å². The van der Waals surface area contributed by atoms with Crippen LogP contribution in [0.3, 0.4) is 0 Å². The Bertz CT molecular complexity index is 1100. The molecular formula is C29H36N2O4. The van der Waals surface area contributed by atoms with Crippen LogP contribution in [-0.4, -0.2) is 47.6 Å². The van der Waals surface area contributed by atoms with E-state index in [1.54, 1.807) is 0 Å². The third-order valence-electron chi connectivity index (χ3n) is 7.92. The zero-order valence-corrected chi connectivity index (χ0v) is 21.1. The van der Waals surface area contributed by atoms with Crippen LogP contribution in [0, 0.1) is 18.8 Å². The van der Waals surface area contributed by atoms with E-state index in [2.05, 4.69) is 44.3 Å². The Labute approximate surface area is 208 Å². The van der Waals surface area contributed by atoms with Crippen LogP contribution in [-0.2, 0) is 20.7 Å². The molecule has 6 heteroatoms. The Morgan fingerprint density at radius 2 is 1.94 bits per heavy atom. The SMILES string of the molecule is CC(=O)N[C@@H](Cc1ccccc1)C(=O)N1CC[C@@H]2O[C@@H]3c4ccc(C)cc4OC(C)(C)[C@H]3C[C@@H]2C1. The van der Waals surface area contributed by atoms with E-state index in [-0.39, 0.29) is 41.5 Å². The monoisotopic (exact) mass is 476 g/mol. The molecule has 1 N–H and O–H groups in total. The summed E-state index contributed by atoms with van der Waals surface area (Å²) in [7, 11) is 0. The topological polar surface area (TPSA) is 67.9 Å². The van der Waals surface area contributed by atoms with Crippen molar-refractivity contribution in [2.45, 2.75) is 70.8 Å². The number of nitrogens with zero attached hydrogens (tertiary/aromatic N) is 1. The first-order valence-electron chi connectivity index (χ1n) is 12.8. The van der Waals surface area contributed by atoms with Gasteiger partial charge in [0.2, 0.25) is 11.8 Å². The third kappa shape index (κ3) is 4.81. The number of aryl methyl sites for hydroxylation is 1. The van der Waals surface area contributed by atoms with E-state index in [4.69, 9.17) is 9.47 Å². The molecule has 35 heavy (non-hydrogen) atoms. The number of ether oxygens (including phenoxy) is 2. The molecule has 2 aromatic carbocycles. The molecule has 3 aliphatic rings. The second-order valence-electron chi connectivity index (χ2n) is 11.0. The van der Waals surface area contributed by atoms with Gasteiger partial charge in [-0.15, -0.1) is 0 Å². The fourth-order valence-electron chi connectivity index (χ4n) is 6.13. The number of hydrogen-bond donors (Lipinski definition) is 1. The van der Waals surface area contributed by atoms with Crippen LogP contribution in [0.15, 0.2) is 48.5 Å². The van der Waals surface area contributed by atoms with Crippen molar-refractivity contribution in [1.82, 2.24) is 10.2 Å². The van der Waals surface area contributed by atoms with Gasteiger partial charge in [0.15, 0.2) is 0 Å². The zero-order valence-electron chi connectivity index (χ0n) is 21.1. The minimum Gasteiger partial charge on any atom is -0.487 e. The summed E-state index contributed by atoms with van der Waals surface area (Å²) in [6.45, 7) is 9.14. The smallest absolute Gasteiger partial charge is 0.245 e. The highest BCUT2D eigenvalue weighted by Crippen LogP contribution is 2.53. The van der Waals surface area contributed by atoms with E-state index in [1.165, 1.54) is 12.5 Å². The van der Waals surface area contributed by atoms with Crippen molar-refractivity contribution in [3.8, 4) is 5.75 Å². The summed E-state index contributed by atoms with van der Waals surface area (Å²) in [5, 5.41) is 2.89. The summed E-state index contributed by atoms with van der Waals surface area (Å²) in [6, 6.07) is 15.7. The summed E-state index contributed by atoms with van der Waals surface area (Å²) in [6.07, 6.45) is 2.38. The number of fused-ring (bicyclic) bond motifs is 4. The zero-order chi connectivity index (χ0) is 24.7. The van der Waals surface area contributed by atoms with Crippen LogP contribution in [0.5, 0.6) is 5.75 Å². The third-order valence-corrected chi connectivity index (χ3v) is 7.92. The van der Waals surface area contributed by atoms with Gasteiger partial charge in [-0.2, -0.15) is 0 Å². The van der Waals surface area contributed by atoms with Gasteiger partial charge in [0, 0.05) is 43.8 Å². The maximum atomic E-state index is 13.6. The van der Waals surface area contributed by atoms with Gasteiger partial charge in [0.1, 0.15) is 17.4 Å². The lowest BCUT2D eigenvalue weighted by atomic mass is 9.70. The molecule has 5 atom stereocenters. The molecule has 2 amide bonds.